The van der Waals surface area contributed by atoms with Gasteiger partial charge in [-0.05, 0) is 6.07 Å². The summed E-state index contributed by atoms with van der Waals surface area (Å²) < 4.78 is 25.2. The van der Waals surface area contributed by atoms with E-state index in [1.165, 1.54) is 0 Å². The van der Waals surface area contributed by atoms with Crippen LogP contribution in [0, 0.1) is 11.3 Å². The molecule has 0 amide bonds. The number of alkyl halides is 3. The maximum Gasteiger partial charge on any atom is 0.355 e. The Bertz CT molecular complexity index is 471. The van der Waals surface area contributed by atoms with Crippen molar-refractivity contribution in [1.82, 2.24) is 4.98 Å². The van der Waals surface area contributed by atoms with Crippen molar-refractivity contribution in [3.8, 4) is 6.07 Å². The molecule has 0 unspecified atom stereocenters. The zero-order valence-corrected chi connectivity index (χ0v) is 9.33. The summed E-state index contributed by atoms with van der Waals surface area (Å²) in [7, 11) is 0. The first-order valence-corrected chi connectivity index (χ1v) is 5.14. The minimum absolute atomic E-state index is 0.186. The van der Waals surface area contributed by atoms with Crippen LogP contribution in [-0.2, 0) is 5.33 Å². The van der Waals surface area contributed by atoms with Crippen molar-refractivity contribution in [3.63, 3.8) is 0 Å². The minimum atomic E-state index is -3.04. The van der Waals surface area contributed by atoms with Crippen LogP contribution in [0.2, 0.25) is 0 Å². The topological polar surface area (TPSA) is 74.0 Å². The van der Waals surface area contributed by atoms with E-state index in [4.69, 9.17) is 10.4 Å². The van der Waals surface area contributed by atoms with Crippen LogP contribution < -0.4 is 0 Å². The van der Waals surface area contributed by atoms with Crippen molar-refractivity contribution >= 4 is 21.9 Å². The second-order valence-corrected chi connectivity index (χ2v) is 3.34. The van der Waals surface area contributed by atoms with Gasteiger partial charge in [0.2, 0.25) is 0 Å². The molecule has 0 fully saturated rings. The summed E-state index contributed by atoms with van der Waals surface area (Å²) in [4.78, 5) is 14.3. The fourth-order valence-corrected chi connectivity index (χ4v) is 1.44. The van der Waals surface area contributed by atoms with E-state index < -0.39 is 23.7 Å². The number of nitrogens with zero attached hydrogens (tertiary/aromatic N) is 2. The number of pyridine rings is 1. The van der Waals surface area contributed by atoms with Crippen LogP contribution in [-0.4, -0.2) is 16.1 Å². The quantitative estimate of drug-likeness (QED) is 0.868. The highest BCUT2D eigenvalue weighted by molar-refractivity contribution is 9.08. The van der Waals surface area contributed by atoms with Gasteiger partial charge in [0.05, 0.1) is 22.9 Å². The average molecular weight is 291 g/mol. The molecule has 1 N–H and O–H groups in total. The predicted molar refractivity (Wildman–Crippen MR) is 53.5 cm³/mol. The molecule has 4 nitrogen and oxygen atoms in total. The Hall–Kier alpha value is -1.55. The molecule has 7 heteroatoms. The Morgan fingerprint density at radius 2 is 2.31 bits per heavy atom. The number of carboxylic acid groups (broad SMARTS) is 1. The molecule has 84 valence electrons. The smallest absolute Gasteiger partial charge is 0.355 e. The van der Waals surface area contributed by atoms with Crippen LogP contribution in [0.25, 0.3) is 0 Å². The van der Waals surface area contributed by atoms with Gasteiger partial charge in [0.1, 0.15) is 0 Å². The van der Waals surface area contributed by atoms with Gasteiger partial charge in [0.15, 0.2) is 5.69 Å². The van der Waals surface area contributed by atoms with Crippen LogP contribution >= 0.6 is 15.9 Å². The van der Waals surface area contributed by atoms with Gasteiger partial charge in [-0.15, -0.1) is 0 Å². The van der Waals surface area contributed by atoms with Crippen molar-refractivity contribution < 1.29 is 18.7 Å². The van der Waals surface area contributed by atoms with Crippen molar-refractivity contribution in [2.75, 3.05) is 0 Å². The molecule has 0 aliphatic heterocycles. The molecule has 0 aliphatic rings. The average Bonchev–Trinajstić information content (AvgIpc) is 2.26. The second-order valence-electron chi connectivity index (χ2n) is 2.77. The lowest BCUT2D eigenvalue weighted by atomic mass is 10.1. The summed E-state index contributed by atoms with van der Waals surface area (Å²) >= 11 is 3.01. The summed E-state index contributed by atoms with van der Waals surface area (Å²) in [5.41, 5.74) is -1.75. The molecule has 16 heavy (non-hydrogen) atoms. The molecule has 0 spiro atoms. The molecule has 0 aliphatic carbocycles. The molecule has 0 saturated carbocycles. The van der Waals surface area contributed by atoms with Gasteiger partial charge >= 0.3 is 5.97 Å². The van der Waals surface area contributed by atoms with Crippen LogP contribution in [0.4, 0.5) is 8.78 Å². The largest absolute Gasteiger partial charge is 0.476 e. The van der Waals surface area contributed by atoms with Gasteiger partial charge in [0, 0.05) is 5.33 Å². The molecule has 1 rings (SSSR count). The highest BCUT2D eigenvalue weighted by atomic mass is 79.9. The van der Waals surface area contributed by atoms with Crippen LogP contribution in [0.1, 0.15) is 33.7 Å². The SMILES string of the molecule is N#Cc1cc(CBr)nc(C(=O)O)c1C(F)F. The van der Waals surface area contributed by atoms with E-state index in [1.807, 2.05) is 0 Å². The van der Waals surface area contributed by atoms with Gasteiger partial charge in [0.25, 0.3) is 6.43 Å². The van der Waals surface area contributed by atoms with Crippen LogP contribution in [0.5, 0.6) is 0 Å². The first-order chi connectivity index (χ1) is 7.51. The van der Waals surface area contributed by atoms with Crippen molar-refractivity contribution in [3.05, 3.63) is 28.6 Å². The summed E-state index contributed by atoms with van der Waals surface area (Å²) in [6.45, 7) is 0. The number of halogens is 3. The Morgan fingerprint density at radius 3 is 2.69 bits per heavy atom. The van der Waals surface area contributed by atoms with E-state index in [2.05, 4.69) is 20.9 Å². The third kappa shape index (κ3) is 2.33. The predicted octanol–water partition coefficient (Wildman–Crippen LogP) is 2.48. The number of hydrogen-bond acceptors (Lipinski definition) is 3. The number of nitriles is 1. The van der Waals surface area contributed by atoms with Crippen LogP contribution in [0.15, 0.2) is 6.07 Å². The van der Waals surface area contributed by atoms with Crippen LogP contribution in [0.3, 0.4) is 0 Å². The lowest BCUT2D eigenvalue weighted by Gasteiger charge is -2.08. The molecule has 1 aromatic heterocycles. The highest BCUT2D eigenvalue weighted by Crippen LogP contribution is 2.26. The van der Waals surface area contributed by atoms with Crippen molar-refractivity contribution in [2.24, 2.45) is 0 Å². The third-order valence-corrected chi connectivity index (χ3v) is 2.36. The molecule has 0 radical (unpaired) electrons. The Kier molecular flexibility index (Phi) is 3.90. The van der Waals surface area contributed by atoms with E-state index in [-0.39, 0.29) is 16.6 Å². The van der Waals surface area contributed by atoms with Gasteiger partial charge in [-0.2, -0.15) is 5.26 Å². The molecule has 0 atom stereocenters. The lowest BCUT2D eigenvalue weighted by molar-refractivity contribution is 0.0676. The Balaban J connectivity index is 3.55. The zero-order valence-electron chi connectivity index (χ0n) is 7.75. The number of aromatic nitrogens is 1. The van der Waals surface area contributed by atoms with Gasteiger partial charge in [-0.3, -0.25) is 0 Å². The number of hydrogen-bond donors (Lipinski definition) is 1. The molecule has 0 bridgehead atoms. The van der Waals surface area contributed by atoms with E-state index in [0.717, 1.165) is 6.07 Å². The maximum atomic E-state index is 12.6. The Labute approximate surface area is 97.7 Å². The van der Waals surface area contributed by atoms with E-state index in [9.17, 15) is 13.6 Å². The summed E-state index contributed by atoms with van der Waals surface area (Å²) in [6, 6.07) is 2.68. The van der Waals surface area contributed by atoms with Gasteiger partial charge < -0.3 is 5.11 Å². The van der Waals surface area contributed by atoms with Crippen molar-refractivity contribution in [1.29, 1.82) is 5.26 Å². The van der Waals surface area contributed by atoms with E-state index >= 15 is 0 Å². The normalized spacial score (nSPS) is 10.2. The fourth-order valence-electron chi connectivity index (χ4n) is 1.15. The number of carboxylic acids is 1. The number of aromatic carboxylic acids is 1. The summed E-state index contributed by atoms with van der Waals surface area (Å²) in [5, 5.41) is 17.6. The second kappa shape index (κ2) is 4.99. The minimum Gasteiger partial charge on any atom is -0.476 e. The molecule has 0 aromatic carbocycles. The molecule has 1 aromatic rings. The molecule has 0 saturated heterocycles. The monoisotopic (exact) mass is 290 g/mol. The van der Waals surface area contributed by atoms with E-state index in [0.29, 0.717) is 0 Å². The van der Waals surface area contributed by atoms with Crippen molar-refractivity contribution in [2.45, 2.75) is 11.8 Å². The lowest BCUT2D eigenvalue weighted by Crippen LogP contribution is -2.10. The number of rotatable bonds is 3. The maximum absolute atomic E-state index is 12.6. The first kappa shape index (κ1) is 12.5. The summed E-state index contributed by atoms with van der Waals surface area (Å²) in [5.74, 6) is -1.57. The molecular formula is C9H5BrF2N2O2. The highest BCUT2D eigenvalue weighted by Gasteiger charge is 2.24. The summed E-state index contributed by atoms with van der Waals surface area (Å²) in [6.07, 6.45) is -3.04. The molecular weight excluding hydrogens is 286 g/mol. The van der Waals surface area contributed by atoms with E-state index in [1.54, 1.807) is 6.07 Å². The van der Waals surface area contributed by atoms with Gasteiger partial charge in [-0.1, -0.05) is 15.9 Å². The third-order valence-electron chi connectivity index (χ3n) is 1.79. The zero-order chi connectivity index (χ0) is 12.3. The first-order valence-electron chi connectivity index (χ1n) is 4.02. The fraction of sp³-hybridized carbons (Fsp3) is 0.222. The standard InChI is InChI=1S/C9H5BrF2N2O2/c10-2-5-1-4(3-13)6(8(11)12)7(14-5)9(15)16/h1,8H,2H2,(H,15,16). The van der Waals surface area contributed by atoms with Gasteiger partial charge in [-0.25, -0.2) is 18.6 Å². The Morgan fingerprint density at radius 1 is 1.69 bits per heavy atom. The number of carbonyl (C=O) groups is 1. The molecule has 1 heterocycles.